The predicted octanol–water partition coefficient (Wildman–Crippen LogP) is 3.41. The summed E-state index contributed by atoms with van der Waals surface area (Å²) >= 11 is 12.3. The van der Waals surface area contributed by atoms with Crippen LogP contribution in [0.15, 0.2) is 21.7 Å². The molecule has 3 atom stereocenters. The molecule has 2 fully saturated rings. The Balaban J connectivity index is 1.92. The summed E-state index contributed by atoms with van der Waals surface area (Å²) in [6.07, 6.45) is 6.73. The molecule has 100 valence electrons. The average molecular weight is 288 g/mol. The highest BCUT2D eigenvalue weighted by Crippen LogP contribution is 2.54. The molecule has 1 aliphatic heterocycles. The first kappa shape index (κ1) is 13.0. The van der Waals surface area contributed by atoms with E-state index in [4.69, 9.17) is 27.9 Å². The molecule has 3 aliphatic rings. The second-order valence-corrected chi connectivity index (χ2v) is 6.57. The van der Waals surface area contributed by atoms with Gasteiger partial charge in [0, 0.05) is 24.1 Å². The van der Waals surface area contributed by atoms with Crippen LogP contribution in [0.25, 0.3) is 0 Å². The largest absolute Gasteiger partial charge is 0.381 e. The molecule has 4 heteroatoms. The van der Waals surface area contributed by atoms with Crippen LogP contribution in [0.2, 0.25) is 0 Å². The van der Waals surface area contributed by atoms with E-state index >= 15 is 0 Å². The minimum atomic E-state index is 0.262. The van der Waals surface area contributed by atoms with Crippen LogP contribution in [0.3, 0.4) is 0 Å². The molecule has 2 nitrogen and oxygen atoms in total. The fourth-order valence-corrected chi connectivity index (χ4v) is 4.29. The number of fused-ring (bicyclic) bond motifs is 1. The van der Waals surface area contributed by atoms with E-state index in [2.05, 4.69) is 11.4 Å². The molecule has 0 spiro atoms. The molecule has 0 aromatic heterocycles. The van der Waals surface area contributed by atoms with Crippen molar-refractivity contribution in [3.63, 3.8) is 0 Å². The summed E-state index contributed by atoms with van der Waals surface area (Å²) in [6.45, 7) is 2.16. The van der Waals surface area contributed by atoms with Gasteiger partial charge in [-0.25, -0.2) is 0 Å². The summed E-state index contributed by atoms with van der Waals surface area (Å²) in [7, 11) is 1.83. The number of methoxy groups -OCH3 is 1. The fraction of sp³-hybridized carbons (Fsp3) is 0.714. The fourth-order valence-electron chi connectivity index (χ4n) is 3.91. The third-order valence-electron chi connectivity index (χ3n) is 4.90. The van der Waals surface area contributed by atoms with Crippen molar-refractivity contribution < 1.29 is 4.74 Å². The van der Waals surface area contributed by atoms with Crippen LogP contribution in [0.1, 0.15) is 25.7 Å². The van der Waals surface area contributed by atoms with Gasteiger partial charge in [0.25, 0.3) is 0 Å². The van der Waals surface area contributed by atoms with Crippen molar-refractivity contribution in [3.05, 3.63) is 21.7 Å². The number of nitrogens with one attached hydrogen (secondary N) is 1. The summed E-state index contributed by atoms with van der Waals surface area (Å²) in [5.41, 5.74) is 1.74. The molecule has 0 aromatic carbocycles. The Kier molecular flexibility index (Phi) is 3.48. The summed E-state index contributed by atoms with van der Waals surface area (Å²) in [5, 5.41) is 5.09. The summed E-state index contributed by atoms with van der Waals surface area (Å²) in [4.78, 5) is 0. The second-order valence-electron chi connectivity index (χ2n) is 5.70. The monoisotopic (exact) mass is 287 g/mol. The SMILES string of the molecule is COC1CC2CNCC2(C2=CC(Cl)=C(Cl)CC2)C1. The Morgan fingerprint density at radius 3 is 2.94 bits per heavy atom. The molecule has 0 radical (unpaired) electrons. The van der Waals surface area contributed by atoms with Gasteiger partial charge >= 0.3 is 0 Å². The van der Waals surface area contributed by atoms with Crippen LogP contribution in [0.5, 0.6) is 0 Å². The van der Waals surface area contributed by atoms with Gasteiger partial charge in [0.15, 0.2) is 0 Å². The second kappa shape index (κ2) is 4.82. The molecular formula is C14H19Cl2NO. The molecule has 3 unspecified atom stereocenters. The Morgan fingerprint density at radius 2 is 2.22 bits per heavy atom. The van der Waals surface area contributed by atoms with Crippen molar-refractivity contribution in [2.45, 2.75) is 31.8 Å². The highest BCUT2D eigenvalue weighted by molar-refractivity contribution is 6.40. The van der Waals surface area contributed by atoms with Gasteiger partial charge in [-0.1, -0.05) is 28.8 Å². The quantitative estimate of drug-likeness (QED) is 0.840. The van der Waals surface area contributed by atoms with Crippen molar-refractivity contribution >= 4 is 23.2 Å². The molecule has 1 N–H and O–H groups in total. The van der Waals surface area contributed by atoms with Crippen LogP contribution in [-0.2, 0) is 4.74 Å². The Hall–Kier alpha value is -0.0200. The van der Waals surface area contributed by atoms with Crippen LogP contribution in [0, 0.1) is 11.3 Å². The number of rotatable bonds is 2. The molecule has 0 bridgehead atoms. The zero-order valence-electron chi connectivity index (χ0n) is 10.6. The third kappa shape index (κ3) is 1.94. The number of allylic oxidation sites excluding steroid dienone is 3. The highest BCUT2D eigenvalue weighted by atomic mass is 35.5. The van der Waals surface area contributed by atoms with Gasteiger partial charge in [-0.05, 0) is 44.2 Å². The predicted molar refractivity (Wildman–Crippen MR) is 74.9 cm³/mol. The van der Waals surface area contributed by atoms with Crippen molar-refractivity contribution in [2.24, 2.45) is 11.3 Å². The molecule has 1 heterocycles. The molecule has 3 rings (SSSR count). The number of halogens is 2. The minimum Gasteiger partial charge on any atom is -0.381 e. The van der Waals surface area contributed by atoms with Gasteiger partial charge < -0.3 is 10.1 Å². The van der Waals surface area contributed by atoms with E-state index in [1.807, 2.05) is 7.11 Å². The van der Waals surface area contributed by atoms with E-state index in [0.29, 0.717) is 12.0 Å². The molecule has 1 saturated heterocycles. The normalized spacial score (nSPS) is 40.1. The van der Waals surface area contributed by atoms with E-state index < -0.39 is 0 Å². The first-order chi connectivity index (χ1) is 8.65. The summed E-state index contributed by atoms with van der Waals surface area (Å²) in [5.74, 6) is 0.690. The van der Waals surface area contributed by atoms with Crippen molar-refractivity contribution in [3.8, 4) is 0 Å². The summed E-state index contributed by atoms with van der Waals surface area (Å²) in [6, 6.07) is 0. The number of ether oxygens (including phenoxy) is 1. The summed E-state index contributed by atoms with van der Waals surface area (Å²) < 4.78 is 5.59. The zero-order valence-corrected chi connectivity index (χ0v) is 12.2. The van der Waals surface area contributed by atoms with Gasteiger partial charge in [0.05, 0.1) is 11.1 Å². The van der Waals surface area contributed by atoms with Gasteiger partial charge in [-0.2, -0.15) is 0 Å². The molecule has 0 aromatic rings. The molecule has 2 aliphatic carbocycles. The first-order valence-electron chi connectivity index (χ1n) is 6.64. The van der Waals surface area contributed by atoms with Crippen LogP contribution in [-0.4, -0.2) is 26.3 Å². The topological polar surface area (TPSA) is 21.3 Å². The maximum Gasteiger partial charge on any atom is 0.0583 e. The van der Waals surface area contributed by atoms with E-state index in [9.17, 15) is 0 Å². The van der Waals surface area contributed by atoms with E-state index in [0.717, 1.165) is 48.8 Å². The van der Waals surface area contributed by atoms with Crippen molar-refractivity contribution in [2.75, 3.05) is 20.2 Å². The molecule has 1 saturated carbocycles. The van der Waals surface area contributed by atoms with E-state index in [1.54, 1.807) is 0 Å². The highest BCUT2D eigenvalue weighted by Gasteiger charge is 2.52. The van der Waals surface area contributed by atoms with E-state index in [-0.39, 0.29) is 5.41 Å². The first-order valence-corrected chi connectivity index (χ1v) is 7.40. The Bertz CT molecular complexity index is 418. The van der Waals surface area contributed by atoms with Crippen LogP contribution < -0.4 is 5.32 Å². The van der Waals surface area contributed by atoms with Gasteiger partial charge in [0.1, 0.15) is 0 Å². The molecule has 18 heavy (non-hydrogen) atoms. The smallest absolute Gasteiger partial charge is 0.0583 e. The van der Waals surface area contributed by atoms with Gasteiger partial charge in [0.2, 0.25) is 0 Å². The average Bonchev–Trinajstić information content (AvgIpc) is 2.89. The number of hydrogen-bond donors (Lipinski definition) is 1. The Labute approximate surface area is 118 Å². The van der Waals surface area contributed by atoms with E-state index in [1.165, 1.54) is 5.57 Å². The maximum atomic E-state index is 6.22. The maximum absolute atomic E-state index is 6.22. The molecule has 0 amide bonds. The standard InChI is InChI=1S/C14H19Cl2NO/c1-18-11-4-10-7-17-8-14(10,6-11)9-2-3-12(15)13(16)5-9/h5,10-11,17H,2-4,6-8H2,1H3. The van der Waals surface area contributed by atoms with Gasteiger partial charge in [-0.15, -0.1) is 0 Å². The number of hydrogen-bond acceptors (Lipinski definition) is 2. The Morgan fingerprint density at radius 1 is 1.39 bits per heavy atom. The third-order valence-corrected chi connectivity index (χ3v) is 5.73. The van der Waals surface area contributed by atoms with Crippen molar-refractivity contribution in [1.82, 2.24) is 5.32 Å². The lowest BCUT2D eigenvalue weighted by Gasteiger charge is -2.33. The van der Waals surface area contributed by atoms with Crippen molar-refractivity contribution in [1.29, 1.82) is 0 Å². The molecular weight excluding hydrogens is 269 g/mol. The lowest BCUT2D eigenvalue weighted by atomic mass is 9.71. The zero-order chi connectivity index (χ0) is 12.8. The lowest BCUT2D eigenvalue weighted by Crippen LogP contribution is -2.30. The lowest BCUT2D eigenvalue weighted by molar-refractivity contribution is 0.0976. The van der Waals surface area contributed by atoms with Crippen LogP contribution in [0.4, 0.5) is 0 Å². The minimum absolute atomic E-state index is 0.262. The van der Waals surface area contributed by atoms with Gasteiger partial charge in [-0.3, -0.25) is 0 Å². The van der Waals surface area contributed by atoms with Crippen LogP contribution >= 0.6 is 23.2 Å².